The van der Waals surface area contributed by atoms with Gasteiger partial charge in [-0.1, -0.05) is 110 Å². The molecule has 0 aliphatic carbocycles. The van der Waals surface area contributed by atoms with Crippen LogP contribution in [0.1, 0.15) is 136 Å². The second-order valence-corrected chi connectivity index (χ2v) is 8.10. The number of rotatable bonds is 22. The third-order valence-corrected chi connectivity index (χ3v) is 5.42. The molecule has 0 radical (unpaired) electrons. The Balaban J connectivity index is 3.49. The first-order chi connectivity index (χ1) is 12.8. The summed E-state index contributed by atoms with van der Waals surface area (Å²) in [5.74, 6) is 0. The van der Waals surface area contributed by atoms with E-state index in [1.807, 2.05) is 0 Å². The van der Waals surface area contributed by atoms with E-state index in [-0.39, 0.29) is 0 Å². The molecule has 0 saturated carbocycles. The molecule has 0 aromatic heterocycles. The fourth-order valence-electron chi connectivity index (χ4n) is 3.60. The average Bonchev–Trinajstić information content (AvgIpc) is 2.66. The zero-order valence-corrected chi connectivity index (χ0v) is 18.3. The standard InChI is InChI=1S/C24H50O2/c1-3-5-7-8-9-10-11-12-16-19-23-26-24(20-6-4-2)21-17-14-13-15-18-22-25/h24-25H,3-23H2,1-2H3. The molecule has 0 rings (SSSR count). The highest BCUT2D eigenvalue weighted by atomic mass is 16.5. The topological polar surface area (TPSA) is 29.5 Å². The van der Waals surface area contributed by atoms with Gasteiger partial charge in [-0.2, -0.15) is 0 Å². The van der Waals surface area contributed by atoms with Crippen LogP contribution in [0.4, 0.5) is 0 Å². The van der Waals surface area contributed by atoms with Gasteiger partial charge in [-0.3, -0.25) is 0 Å². The van der Waals surface area contributed by atoms with E-state index in [2.05, 4.69) is 13.8 Å². The van der Waals surface area contributed by atoms with E-state index in [0.29, 0.717) is 12.7 Å². The minimum absolute atomic E-state index is 0.348. The lowest BCUT2D eigenvalue weighted by Crippen LogP contribution is -2.14. The van der Waals surface area contributed by atoms with Crippen LogP contribution in [0.15, 0.2) is 0 Å². The molecule has 1 unspecified atom stereocenters. The van der Waals surface area contributed by atoms with E-state index in [4.69, 9.17) is 9.84 Å². The van der Waals surface area contributed by atoms with Gasteiger partial charge in [0.15, 0.2) is 0 Å². The van der Waals surface area contributed by atoms with Crippen LogP contribution in [0.5, 0.6) is 0 Å². The zero-order chi connectivity index (χ0) is 19.1. The maximum Gasteiger partial charge on any atom is 0.0575 e. The van der Waals surface area contributed by atoms with Gasteiger partial charge < -0.3 is 9.84 Å². The Morgan fingerprint density at radius 3 is 1.58 bits per heavy atom. The van der Waals surface area contributed by atoms with Crippen molar-refractivity contribution < 1.29 is 9.84 Å². The number of aliphatic hydroxyl groups excluding tert-OH is 1. The van der Waals surface area contributed by atoms with Crippen LogP contribution in [-0.4, -0.2) is 24.4 Å². The molecule has 2 heteroatoms. The first-order valence-electron chi connectivity index (χ1n) is 12.1. The molecule has 0 amide bonds. The van der Waals surface area contributed by atoms with E-state index in [9.17, 15) is 0 Å². The molecule has 1 atom stereocenters. The summed E-state index contributed by atoms with van der Waals surface area (Å²) in [7, 11) is 0. The monoisotopic (exact) mass is 370 g/mol. The van der Waals surface area contributed by atoms with Crippen molar-refractivity contribution in [2.75, 3.05) is 13.2 Å². The quantitative estimate of drug-likeness (QED) is 0.197. The summed E-state index contributed by atoms with van der Waals surface area (Å²) in [6.07, 6.45) is 25.4. The molecule has 2 nitrogen and oxygen atoms in total. The molecule has 0 fully saturated rings. The molecule has 0 saturated heterocycles. The predicted molar refractivity (Wildman–Crippen MR) is 116 cm³/mol. The summed E-state index contributed by atoms with van der Waals surface area (Å²) in [6, 6.07) is 0. The van der Waals surface area contributed by atoms with Crippen molar-refractivity contribution in [2.24, 2.45) is 0 Å². The van der Waals surface area contributed by atoms with Crippen LogP contribution in [0.3, 0.4) is 0 Å². The zero-order valence-electron chi connectivity index (χ0n) is 18.3. The normalized spacial score (nSPS) is 12.6. The number of unbranched alkanes of at least 4 members (excludes halogenated alkanes) is 14. The summed E-state index contributed by atoms with van der Waals surface area (Å²) in [5, 5.41) is 8.82. The Kier molecular flexibility index (Phi) is 22.9. The third kappa shape index (κ3) is 20.2. The third-order valence-electron chi connectivity index (χ3n) is 5.42. The smallest absolute Gasteiger partial charge is 0.0575 e. The Morgan fingerprint density at radius 1 is 0.538 bits per heavy atom. The predicted octanol–water partition coefficient (Wildman–Crippen LogP) is 7.82. The minimum atomic E-state index is 0.348. The highest BCUT2D eigenvalue weighted by Crippen LogP contribution is 2.16. The Morgan fingerprint density at radius 2 is 1.00 bits per heavy atom. The van der Waals surface area contributed by atoms with Gasteiger partial charge in [-0.15, -0.1) is 0 Å². The van der Waals surface area contributed by atoms with E-state index < -0.39 is 0 Å². The fraction of sp³-hybridized carbons (Fsp3) is 1.00. The number of hydrogen-bond acceptors (Lipinski definition) is 2. The largest absolute Gasteiger partial charge is 0.396 e. The second-order valence-electron chi connectivity index (χ2n) is 8.10. The van der Waals surface area contributed by atoms with E-state index in [0.717, 1.165) is 13.0 Å². The first kappa shape index (κ1) is 25.9. The Labute approximate surface area is 165 Å². The summed E-state index contributed by atoms with van der Waals surface area (Å²) >= 11 is 0. The van der Waals surface area contributed by atoms with Gasteiger partial charge in [0.2, 0.25) is 0 Å². The van der Waals surface area contributed by atoms with Gasteiger partial charge in [0.1, 0.15) is 0 Å². The van der Waals surface area contributed by atoms with Gasteiger partial charge in [-0.05, 0) is 25.7 Å². The van der Waals surface area contributed by atoms with Gasteiger partial charge >= 0.3 is 0 Å². The van der Waals surface area contributed by atoms with Crippen LogP contribution < -0.4 is 0 Å². The highest BCUT2D eigenvalue weighted by molar-refractivity contribution is 4.60. The summed E-state index contributed by atoms with van der Waals surface area (Å²) in [5.41, 5.74) is 0. The van der Waals surface area contributed by atoms with Gasteiger partial charge in [0.05, 0.1) is 6.10 Å². The molecule has 0 bridgehead atoms. The molecule has 0 spiro atoms. The summed E-state index contributed by atoms with van der Waals surface area (Å²) in [6.45, 7) is 5.87. The molecule has 0 aliphatic rings. The maximum absolute atomic E-state index is 8.82. The molecular weight excluding hydrogens is 320 g/mol. The lowest BCUT2D eigenvalue weighted by atomic mass is 10.0. The minimum Gasteiger partial charge on any atom is -0.396 e. The average molecular weight is 371 g/mol. The molecule has 0 aliphatic heterocycles. The summed E-state index contributed by atoms with van der Waals surface area (Å²) in [4.78, 5) is 0. The van der Waals surface area contributed by atoms with Gasteiger partial charge in [0, 0.05) is 13.2 Å². The van der Waals surface area contributed by atoms with E-state index >= 15 is 0 Å². The van der Waals surface area contributed by atoms with E-state index in [1.54, 1.807) is 0 Å². The molecule has 1 N–H and O–H groups in total. The lowest BCUT2D eigenvalue weighted by molar-refractivity contribution is 0.0360. The number of ether oxygens (including phenoxy) is 1. The Bertz CT molecular complexity index is 242. The second kappa shape index (κ2) is 23.0. The van der Waals surface area contributed by atoms with Crippen molar-refractivity contribution in [2.45, 2.75) is 142 Å². The molecule has 0 heterocycles. The number of aliphatic hydroxyl groups is 1. The highest BCUT2D eigenvalue weighted by Gasteiger charge is 2.08. The SMILES string of the molecule is CCCCCCCCCCCCOC(CCCC)CCCCCCCO. The van der Waals surface area contributed by atoms with Crippen LogP contribution >= 0.6 is 0 Å². The Hall–Kier alpha value is -0.0800. The van der Waals surface area contributed by atoms with Gasteiger partial charge in [0.25, 0.3) is 0 Å². The van der Waals surface area contributed by atoms with Crippen molar-refractivity contribution in [3.8, 4) is 0 Å². The molecular formula is C24H50O2. The van der Waals surface area contributed by atoms with Crippen molar-refractivity contribution in [1.82, 2.24) is 0 Å². The summed E-state index contributed by atoms with van der Waals surface area (Å²) < 4.78 is 6.20. The number of hydrogen-bond donors (Lipinski definition) is 1. The molecule has 0 aromatic rings. The molecule has 26 heavy (non-hydrogen) atoms. The molecule has 0 aromatic carbocycles. The van der Waals surface area contributed by atoms with Gasteiger partial charge in [-0.25, -0.2) is 0 Å². The van der Waals surface area contributed by atoms with Crippen LogP contribution in [-0.2, 0) is 4.74 Å². The van der Waals surface area contributed by atoms with E-state index in [1.165, 1.54) is 116 Å². The van der Waals surface area contributed by atoms with Crippen molar-refractivity contribution in [1.29, 1.82) is 0 Å². The maximum atomic E-state index is 8.82. The molecule has 158 valence electrons. The van der Waals surface area contributed by atoms with Crippen LogP contribution in [0.25, 0.3) is 0 Å². The van der Waals surface area contributed by atoms with Crippen LogP contribution in [0.2, 0.25) is 0 Å². The first-order valence-corrected chi connectivity index (χ1v) is 12.1. The van der Waals surface area contributed by atoms with Crippen molar-refractivity contribution in [3.05, 3.63) is 0 Å². The van der Waals surface area contributed by atoms with Crippen LogP contribution in [0, 0.1) is 0 Å². The fourth-order valence-corrected chi connectivity index (χ4v) is 3.60. The lowest BCUT2D eigenvalue weighted by Gasteiger charge is -2.18. The van der Waals surface area contributed by atoms with Crippen molar-refractivity contribution >= 4 is 0 Å². The van der Waals surface area contributed by atoms with Crippen molar-refractivity contribution in [3.63, 3.8) is 0 Å².